The normalized spacial score (nSPS) is 20.6. The van der Waals surface area contributed by atoms with Crippen LogP contribution in [0.2, 0.25) is 0 Å². The predicted molar refractivity (Wildman–Crippen MR) is 141 cm³/mol. The molecule has 0 saturated heterocycles. The molecule has 2 atom stereocenters. The lowest BCUT2D eigenvalue weighted by Crippen LogP contribution is -2.32. The van der Waals surface area contributed by atoms with Gasteiger partial charge in [0, 0.05) is 58.8 Å². The molecule has 0 spiro atoms. The van der Waals surface area contributed by atoms with Crippen molar-refractivity contribution < 1.29 is 0 Å². The van der Waals surface area contributed by atoms with Crippen molar-refractivity contribution in [1.82, 2.24) is 24.9 Å². The number of H-pyrrole nitrogens is 1. The lowest BCUT2D eigenvalue weighted by atomic mass is 9.79. The van der Waals surface area contributed by atoms with Crippen LogP contribution in [-0.4, -0.2) is 44.1 Å². The van der Waals surface area contributed by atoms with E-state index in [0.29, 0.717) is 17.8 Å². The van der Waals surface area contributed by atoms with Gasteiger partial charge in [0.2, 0.25) is 0 Å². The molecule has 0 amide bonds. The van der Waals surface area contributed by atoms with Gasteiger partial charge in [0.05, 0.1) is 11.7 Å². The molecule has 2 aliphatic rings. The van der Waals surface area contributed by atoms with Gasteiger partial charge in [-0.25, -0.2) is 15.0 Å². The van der Waals surface area contributed by atoms with Gasteiger partial charge in [-0.05, 0) is 55.7 Å². The maximum absolute atomic E-state index is 6.31. The Balaban J connectivity index is 1.49. The van der Waals surface area contributed by atoms with Crippen LogP contribution in [0.25, 0.3) is 44.2 Å². The number of hydrogen-bond acceptors (Lipinski definition) is 6. The van der Waals surface area contributed by atoms with E-state index < -0.39 is 0 Å². The Morgan fingerprint density at radius 3 is 2.69 bits per heavy atom. The molecule has 4 aromatic heterocycles. The first-order valence-corrected chi connectivity index (χ1v) is 12.7. The molecule has 0 aliphatic heterocycles. The van der Waals surface area contributed by atoms with Crippen LogP contribution in [0.15, 0.2) is 48.9 Å². The van der Waals surface area contributed by atoms with Crippen molar-refractivity contribution in [3.8, 4) is 11.4 Å². The highest BCUT2D eigenvalue weighted by atomic mass is 15.2. The zero-order valence-electron chi connectivity index (χ0n) is 19.9. The summed E-state index contributed by atoms with van der Waals surface area (Å²) in [5, 5.41) is 3.34. The van der Waals surface area contributed by atoms with E-state index in [9.17, 15) is 0 Å². The van der Waals surface area contributed by atoms with Gasteiger partial charge in [-0.15, -0.1) is 0 Å². The van der Waals surface area contributed by atoms with E-state index in [2.05, 4.69) is 45.1 Å². The van der Waals surface area contributed by atoms with Crippen LogP contribution in [0, 0.1) is 0 Å². The minimum absolute atomic E-state index is 0.258. The number of benzene rings is 1. The molecule has 35 heavy (non-hydrogen) atoms. The van der Waals surface area contributed by atoms with E-state index in [1.54, 1.807) is 0 Å². The van der Waals surface area contributed by atoms with Crippen molar-refractivity contribution in [2.75, 3.05) is 11.9 Å². The van der Waals surface area contributed by atoms with Crippen LogP contribution in [0.3, 0.4) is 0 Å². The highest BCUT2D eigenvalue weighted by Gasteiger charge is 2.30. The molecule has 2 saturated carbocycles. The van der Waals surface area contributed by atoms with Crippen LogP contribution in [-0.2, 0) is 0 Å². The number of nitrogens with two attached hydrogens (primary N) is 1. The zero-order valence-corrected chi connectivity index (χ0v) is 19.9. The predicted octanol–water partition coefficient (Wildman–Crippen LogP) is 5.30. The summed E-state index contributed by atoms with van der Waals surface area (Å²) in [5.74, 6) is 2.25. The molecule has 7 nitrogen and oxygen atoms in total. The summed E-state index contributed by atoms with van der Waals surface area (Å²) < 4.78 is 0. The van der Waals surface area contributed by atoms with Gasteiger partial charge in [0.25, 0.3) is 0 Å². The second-order valence-corrected chi connectivity index (χ2v) is 10.2. The highest BCUT2D eigenvalue weighted by molar-refractivity contribution is 6.12. The van der Waals surface area contributed by atoms with Gasteiger partial charge in [-0.2, -0.15) is 0 Å². The van der Waals surface area contributed by atoms with E-state index in [0.717, 1.165) is 63.5 Å². The molecule has 4 heterocycles. The van der Waals surface area contributed by atoms with E-state index in [1.165, 1.54) is 24.8 Å². The van der Waals surface area contributed by atoms with E-state index in [-0.39, 0.29) is 6.04 Å². The van der Waals surface area contributed by atoms with Crippen LogP contribution < -0.4 is 10.6 Å². The van der Waals surface area contributed by atoms with Gasteiger partial charge in [-0.3, -0.25) is 4.98 Å². The number of para-hydroxylation sites is 1. The average Bonchev–Trinajstić information content (AvgIpc) is 3.45. The number of fused-ring (bicyclic) bond motifs is 4. The Hall–Kier alpha value is -3.58. The number of pyridine rings is 2. The third-order valence-electron chi connectivity index (χ3n) is 8.13. The van der Waals surface area contributed by atoms with Gasteiger partial charge < -0.3 is 15.6 Å². The molecule has 5 aromatic rings. The molecule has 0 radical (unpaired) electrons. The van der Waals surface area contributed by atoms with E-state index in [4.69, 9.17) is 15.7 Å². The first-order chi connectivity index (χ1) is 17.2. The fraction of sp³-hybridized carbons (Fsp3) is 0.357. The number of nitrogens with zero attached hydrogens (tertiary/aromatic N) is 5. The van der Waals surface area contributed by atoms with Crippen molar-refractivity contribution in [3.63, 3.8) is 0 Å². The zero-order chi connectivity index (χ0) is 23.5. The summed E-state index contributed by atoms with van der Waals surface area (Å²) in [6.45, 7) is 0. The van der Waals surface area contributed by atoms with Crippen LogP contribution in [0.1, 0.15) is 50.0 Å². The Morgan fingerprint density at radius 2 is 1.89 bits per heavy atom. The molecule has 3 N–H and O–H groups in total. The maximum atomic E-state index is 6.31. The summed E-state index contributed by atoms with van der Waals surface area (Å²) in [7, 11) is 2.17. The molecule has 7 rings (SSSR count). The number of anilines is 1. The minimum Gasteiger partial charge on any atom is -0.356 e. The third-order valence-corrected chi connectivity index (χ3v) is 8.13. The quantitative estimate of drug-likeness (QED) is 0.375. The Labute approximate surface area is 203 Å². The molecule has 0 bridgehead atoms. The topological polar surface area (TPSA) is 96.6 Å². The second-order valence-electron chi connectivity index (χ2n) is 10.2. The molecule has 176 valence electrons. The lowest BCUT2D eigenvalue weighted by Gasteiger charge is -2.31. The molecule has 2 unspecified atom stereocenters. The molecule has 7 heteroatoms. The third kappa shape index (κ3) is 3.29. The van der Waals surface area contributed by atoms with Crippen molar-refractivity contribution in [2.24, 2.45) is 5.73 Å². The average molecular weight is 464 g/mol. The molecule has 2 fully saturated rings. The summed E-state index contributed by atoms with van der Waals surface area (Å²) in [4.78, 5) is 25.4. The van der Waals surface area contributed by atoms with Crippen molar-refractivity contribution in [1.29, 1.82) is 0 Å². The van der Waals surface area contributed by atoms with Crippen LogP contribution in [0.5, 0.6) is 0 Å². The molecule has 1 aromatic carbocycles. The summed E-state index contributed by atoms with van der Waals surface area (Å²) in [6.07, 6.45) is 12.6. The number of rotatable bonds is 4. The number of nitrogens with one attached hydrogen (secondary N) is 1. The fourth-order valence-corrected chi connectivity index (χ4v) is 5.96. The van der Waals surface area contributed by atoms with E-state index in [1.807, 2.05) is 30.7 Å². The number of hydrogen-bond donors (Lipinski definition) is 2. The molecular formula is C28H29N7. The standard InChI is InChI=1S/C28H29N7/c1-35(18-10-9-17(29)13-18)28-25-21(16-5-4-6-16)14-30-15-23(25)33-26(34-28)20-11-12-31-27-24(20)19-7-2-3-8-22(19)32-27/h2-3,7-8,11-12,14-18H,4-6,9-10,13,29H2,1H3,(H,31,32). The summed E-state index contributed by atoms with van der Waals surface area (Å²) >= 11 is 0. The largest absolute Gasteiger partial charge is 0.356 e. The Morgan fingerprint density at radius 1 is 1.00 bits per heavy atom. The summed E-state index contributed by atoms with van der Waals surface area (Å²) in [6, 6.07) is 11.0. The maximum Gasteiger partial charge on any atom is 0.163 e. The van der Waals surface area contributed by atoms with Gasteiger partial charge in [0.1, 0.15) is 11.5 Å². The Bertz CT molecular complexity index is 1570. The van der Waals surface area contributed by atoms with Crippen molar-refractivity contribution >= 4 is 38.7 Å². The van der Waals surface area contributed by atoms with Gasteiger partial charge in [-0.1, -0.05) is 24.6 Å². The fourth-order valence-electron chi connectivity index (χ4n) is 5.96. The van der Waals surface area contributed by atoms with Gasteiger partial charge in [0.15, 0.2) is 5.82 Å². The highest BCUT2D eigenvalue weighted by Crippen LogP contribution is 2.43. The SMILES string of the molecule is CN(c1nc(-c2ccnc3[nH]c4ccccc4c23)nc2cncc(C3CCC3)c12)C1CCC(N)C1. The van der Waals surface area contributed by atoms with Crippen molar-refractivity contribution in [3.05, 3.63) is 54.5 Å². The molecular weight excluding hydrogens is 434 g/mol. The smallest absolute Gasteiger partial charge is 0.163 e. The summed E-state index contributed by atoms with van der Waals surface area (Å²) in [5.41, 5.74) is 11.4. The number of aromatic amines is 1. The van der Waals surface area contributed by atoms with E-state index >= 15 is 0 Å². The Kier molecular flexibility index (Phi) is 4.74. The van der Waals surface area contributed by atoms with Crippen molar-refractivity contribution in [2.45, 2.75) is 56.5 Å². The lowest BCUT2D eigenvalue weighted by molar-refractivity contribution is 0.421. The first-order valence-electron chi connectivity index (χ1n) is 12.7. The number of aromatic nitrogens is 5. The van der Waals surface area contributed by atoms with Gasteiger partial charge >= 0.3 is 0 Å². The second kappa shape index (κ2) is 7.99. The first kappa shape index (κ1) is 20.8. The van der Waals surface area contributed by atoms with Crippen LogP contribution >= 0.6 is 0 Å². The van der Waals surface area contributed by atoms with Crippen LogP contribution in [0.4, 0.5) is 5.82 Å². The monoisotopic (exact) mass is 463 g/mol. The minimum atomic E-state index is 0.258. The molecule has 2 aliphatic carbocycles.